The minimum Gasteiger partial charge on any atom is -0.462 e. The number of fused-ring (bicyclic) bond motifs is 6. The highest BCUT2D eigenvalue weighted by molar-refractivity contribution is 6.18. The second-order valence-electron chi connectivity index (χ2n) is 7.79. The standard InChI is InChI=1S/C24H20N2O6/c1-4-30-21(27)18-20(25)32-19-13-7-5-6-8-16(13)31-22(28)17(19)24(18)14-11-12(2)9-10-15(14)26(3)23(24)29/h5-11H,4,25H2,1-3H3. The van der Waals surface area contributed by atoms with E-state index in [4.69, 9.17) is 19.6 Å². The van der Waals surface area contributed by atoms with Crippen LogP contribution in [0.5, 0.6) is 5.75 Å². The highest BCUT2D eigenvalue weighted by Crippen LogP contribution is 2.55. The second-order valence-corrected chi connectivity index (χ2v) is 7.79. The minimum absolute atomic E-state index is 0.0512. The number of carbonyl (C=O) groups excluding carboxylic acids is 2. The molecule has 1 aromatic heterocycles. The zero-order valence-corrected chi connectivity index (χ0v) is 17.7. The van der Waals surface area contributed by atoms with Gasteiger partial charge in [0.15, 0.2) is 5.75 Å². The molecule has 2 aliphatic rings. The molecule has 32 heavy (non-hydrogen) atoms. The maximum absolute atomic E-state index is 14.0. The number of para-hydroxylation sites is 1. The lowest BCUT2D eigenvalue weighted by atomic mass is 9.68. The monoisotopic (exact) mass is 432 g/mol. The molecule has 0 saturated heterocycles. The van der Waals surface area contributed by atoms with Crippen LogP contribution in [0, 0.1) is 6.92 Å². The molecule has 1 amide bonds. The van der Waals surface area contributed by atoms with Gasteiger partial charge in [0.2, 0.25) is 11.8 Å². The highest BCUT2D eigenvalue weighted by Gasteiger charge is 2.62. The smallest absolute Gasteiger partial charge is 0.345 e. The number of hydrogen-bond acceptors (Lipinski definition) is 7. The van der Waals surface area contributed by atoms with E-state index >= 15 is 0 Å². The third-order valence-electron chi connectivity index (χ3n) is 6.00. The van der Waals surface area contributed by atoms with Crippen molar-refractivity contribution in [2.24, 2.45) is 5.73 Å². The zero-order chi connectivity index (χ0) is 22.8. The summed E-state index contributed by atoms with van der Waals surface area (Å²) >= 11 is 0. The Bertz CT molecular complexity index is 1420. The number of likely N-dealkylation sites (N-methyl/N-ethyl adjacent to an activating group) is 1. The van der Waals surface area contributed by atoms with Crippen molar-refractivity contribution in [1.82, 2.24) is 0 Å². The number of nitrogens with zero attached hydrogens (tertiary/aromatic N) is 1. The van der Waals surface area contributed by atoms with Gasteiger partial charge in [-0.3, -0.25) is 4.79 Å². The maximum Gasteiger partial charge on any atom is 0.345 e. The van der Waals surface area contributed by atoms with E-state index in [-0.39, 0.29) is 35.0 Å². The lowest BCUT2D eigenvalue weighted by molar-refractivity contribution is -0.140. The average molecular weight is 432 g/mol. The number of nitrogens with two attached hydrogens (primary N) is 1. The molecule has 8 heteroatoms. The van der Waals surface area contributed by atoms with E-state index in [0.29, 0.717) is 16.6 Å². The van der Waals surface area contributed by atoms with Crippen molar-refractivity contribution >= 4 is 28.5 Å². The number of ether oxygens (including phenoxy) is 2. The van der Waals surface area contributed by atoms with Gasteiger partial charge >= 0.3 is 11.6 Å². The molecule has 5 rings (SSSR count). The molecule has 162 valence electrons. The first-order valence-electron chi connectivity index (χ1n) is 10.1. The topological polar surface area (TPSA) is 112 Å². The van der Waals surface area contributed by atoms with Crippen molar-refractivity contribution in [3.05, 3.63) is 81.0 Å². The van der Waals surface area contributed by atoms with Gasteiger partial charge in [-0.1, -0.05) is 29.8 Å². The lowest BCUT2D eigenvalue weighted by Crippen LogP contribution is -2.50. The van der Waals surface area contributed by atoms with Crippen molar-refractivity contribution in [2.45, 2.75) is 19.3 Å². The Morgan fingerprint density at radius 3 is 2.69 bits per heavy atom. The summed E-state index contributed by atoms with van der Waals surface area (Å²) in [6.45, 7) is 3.55. The van der Waals surface area contributed by atoms with Crippen molar-refractivity contribution < 1.29 is 23.5 Å². The molecule has 3 heterocycles. The summed E-state index contributed by atoms with van der Waals surface area (Å²) in [5.41, 5.74) is 5.44. The van der Waals surface area contributed by atoms with Crippen molar-refractivity contribution in [2.75, 3.05) is 18.6 Å². The Labute approximate surface area is 182 Å². The van der Waals surface area contributed by atoms with Crippen LogP contribution < -0.4 is 21.0 Å². The SMILES string of the molecule is CCOC(=O)C1=C(N)Oc2c(c(=O)oc3ccccc23)C12C(=O)N(C)c1ccc(C)cc12. The molecule has 1 unspecified atom stereocenters. The molecule has 0 fully saturated rings. The number of carbonyl (C=O) groups is 2. The van der Waals surface area contributed by atoms with E-state index in [1.807, 2.05) is 13.0 Å². The molecule has 2 aliphatic heterocycles. The fourth-order valence-corrected chi connectivity index (χ4v) is 4.68. The van der Waals surface area contributed by atoms with Gasteiger partial charge in [0.25, 0.3) is 0 Å². The molecule has 1 atom stereocenters. The number of amides is 1. The van der Waals surface area contributed by atoms with E-state index in [1.54, 1.807) is 50.4 Å². The summed E-state index contributed by atoms with van der Waals surface area (Å²) < 4.78 is 16.7. The minimum atomic E-state index is -1.86. The largest absolute Gasteiger partial charge is 0.462 e. The van der Waals surface area contributed by atoms with Crippen molar-refractivity contribution in [3.8, 4) is 5.75 Å². The summed E-state index contributed by atoms with van der Waals surface area (Å²) in [5.74, 6) is -1.54. The molecule has 1 spiro atoms. The third-order valence-corrected chi connectivity index (χ3v) is 6.00. The fraction of sp³-hybridized carbons (Fsp3) is 0.208. The molecule has 2 N–H and O–H groups in total. The summed E-state index contributed by atoms with van der Waals surface area (Å²) in [4.78, 5) is 41.9. The molecule has 0 aliphatic carbocycles. The van der Waals surface area contributed by atoms with Crippen LogP contribution in [0.25, 0.3) is 11.0 Å². The number of esters is 1. The van der Waals surface area contributed by atoms with Crippen LogP contribution in [0.3, 0.4) is 0 Å². The Hall–Kier alpha value is -4.07. The van der Waals surface area contributed by atoms with Gasteiger partial charge in [0.1, 0.15) is 22.1 Å². The lowest BCUT2D eigenvalue weighted by Gasteiger charge is -2.35. The van der Waals surface area contributed by atoms with Gasteiger partial charge in [-0.25, -0.2) is 9.59 Å². The van der Waals surface area contributed by atoms with Gasteiger partial charge in [0, 0.05) is 18.3 Å². The van der Waals surface area contributed by atoms with Crippen LogP contribution in [-0.2, 0) is 19.7 Å². The first kappa shape index (κ1) is 19.9. The number of benzene rings is 2. The van der Waals surface area contributed by atoms with Gasteiger partial charge in [-0.05, 0) is 32.0 Å². The van der Waals surface area contributed by atoms with Crippen LogP contribution in [0.4, 0.5) is 5.69 Å². The molecule has 0 bridgehead atoms. The molecule has 8 nitrogen and oxygen atoms in total. The van der Waals surface area contributed by atoms with Crippen LogP contribution in [-0.4, -0.2) is 25.5 Å². The Balaban J connectivity index is 2.00. The molecular formula is C24H20N2O6. The predicted molar refractivity (Wildman–Crippen MR) is 116 cm³/mol. The van der Waals surface area contributed by atoms with Gasteiger partial charge in [-0.2, -0.15) is 0 Å². The highest BCUT2D eigenvalue weighted by atomic mass is 16.5. The fourth-order valence-electron chi connectivity index (χ4n) is 4.68. The molecule has 2 aromatic carbocycles. The summed E-state index contributed by atoms with van der Waals surface area (Å²) in [6.07, 6.45) is 0. The first-order chi connectivity index (χ1) is 15.3. The number of aryl methyl sites for hydroxylation is 1. The summed E-state index contributed by atoms with van der Waals surface area (Å²) in [6, 6.07) is 12.2. The Morgan fingerprint density at radius 1 is 1.19 bits per heavy atom. The van der Waals surface area contributed by atoms with Gasteiger partial charge in [0.05, 0.1) is 12.0 Å². The van der Waals surface area contributed by atoms with E-state index in [9.17, 15) is 14.4 Å². The number of hydrogen-bond donors (Lipinski definition) is 1. The third kappa shape index (κ3) is 2.34. The number of anilines is 1. The molecule has 3 aromatic rings. The Morgan fingerprint density at radius 2 is 1.94 bits per heavy atom. The van der Waals surface area contributed by atoms with Crippen LogP contribution in [0.1, 0.15) is 23.6 Å². The first-order valence-corrected chi connectivity index (χ1v) is 10.1. The second kappa shape index (κ2) is 6.71. The molecule has 0 radical (unpaired) electrons. The van der Waals surface area contributed by atoms with E-state index in [1.165, 1.54) is 4.90 Å². The normalized spacial score (nSPS) is 19.2. The van der Waals surface area contributed by atoms with Crippen molar-refractivity contribution in [3.63, 3.8) is 0 Å². The average Bonchev–Trinajstić information content (AvgIpc) is 2.96. The van der Waals surface area contributed by atoms with Gasteiger partial charge in [-0.15, -0.1) is 0 Å². The molecule has 0 saturated carbocycles. The van der Waals surface area contributed by atoms with Crippen LogP contribution in [0.2, 0.25) is 0 Å². The van der Waals surface area contributed by atoms with E-state index < -0.39 is 22.9 Å². The van der Waals surface area contributed by atoms with Crippen LogP contribution in [0.15, 0.2) is 63.1 Å². The van der Waals surface area contributed by atoms with E-state index in [2.05, 4.69) is 0 Å². The Kier molecular flexibility index (Phi) is 4.17. The van der Waals surface area contributed by atoms with Gasteiger partial charge < -0.3 is 24.5 Å². The zero-order valence-electron chi connectivity index (χ0n) is 17.7. The van der Waals surface area contributed by atoms with Crippen molar-refractivity contribution in [1.29, 1.82) is 0 Å². The number of rotatable bonds is 2. The maximum atomic E-state index is 14.0. The summed E-state index contributed by atoms with van der Waals surface area (Å²) in [7, 11) is 1.59. The van der Waals surface area contributed by atoms with E-state index in [0.717, 1.165) is 5.56 Å². The molecular weight excluding hydrogens is 412 g/mol. The summed E-state index contributed by atoms with van der Waals surface area (Å²) in [5, 5.41) is 0.462. The van der Waals surface area contributed by atoms with Crippen LogP contribution >= 0.6 is 0 Å². The predicted octanol–water partition coefficient (Wildman–Crippen LogP) is 2.49. The quantitative estimate of drug-likeness (QED) is 0.489.